The molecule has 0 amide bonds. The maximum atomic E-state index is 6.74. The van der Waals surface area contributed by atoms with Crippen LogP contribution in [-0.4, -0.2) is 0 Å². The summed E-state index contributed by atoms with van der Waals surface area (Å²) in [6.07, 6.45) is 3.21. The number of hydrogen-bond donors (Lipinski definition) is 0. The van der Waals surface area contributed by atoms with Crippen molar-refractivity contribution in [3.63, 3.8) is 0 Å². The van der Waals surface area contributed by atoms with Gasteiger partial charge in [0.2, 0.25) is 5.69 Å². The molecule has 0 N–H and O–H groups in total. The summed E-state index contributed by atoms with van der Waals surface area (Å²) in [7, 11) is 2.15. The van der Waals surface area contributed by atoms with Gasteiger partial charge < -0.3 is 4.74 Å². The first-order chi connectivity index (χ1) is 13.3. The van der Waals surface area contributed by atoms with Crippen molar-refractivity contribution in [2.24, 2.45) is 12.5 Å². The summed E-state index contributed by atoms with van der Waals surface area (Å²) in [6, 6.07) is 10.9. The van der Waals surface area contributed by atoms with Crippen molar-refractivity contribution in [3.8, 4) is 22.8 Å². The first-order valence-electron chi connectivity index (χ1n) is 9.90. The van der Waals surface area contributed by atoms with Gasteiger partial charge in [0.05, 0.1) is 10.3 Å². The van der Waals surface area contributed by atoms with Crippen LogP contribution in [0.25, 0.3) is 32.1 Å². The summed E-state index contributed by atoms with van der Waals surface area (Å²) in [5, 5.41) is 3.87. The molecule has 1 aliphatic heterocycles. The molecule has 3 heteroatoms. The van der Waals surface area contributed by atoms with Crippen LogP contribution < -0.4 is 9.30 Å². The van der Waals surface area contributed by atoms with E-state index in [4.69, 9.17) is 4.74 Å². The molecule has 2 nitrogen and oxygen atoms in total. The van der Waals surface area contributed by atoms with Crippen molar-refractivity contribution in [3.05, 3.63) is 52.5 Å². The third-order valence-corrected chi connectivity index (χ3v) is 6.94. The predicted molar refractivity (Wildman–Crippen MR) is 119 cm³/mol. The van der Waals surface area contributed by atoms with E-state index in [1.165, 1.54) is 48.1 Å². The number of aryl methyl sites for hydroxylation is 3. The summed E-state index contributed by atoms with van der Waals surface area (Å²) < 4.78 is 10.3. The molecule has 0 saturated carbocycles. The van der Waals surface area contributed by atoms with E-state index in [1.807, 2.05) is 11.3 Å². The van der Waals surface area contributed by atoms with Crippen molar-refractivity contribution in [1.29, 1.82) is 0 Å². The van der Waals surface area contributed by atoms with Crippen molar-refractivity contribution in [2.45, 2.75) is 41.0 Å². The maximum Gasteiger partial charge on any atom is 0.228 e. The van der Waals surface area contributed by atoms with E-state index >= 15 is 0 Å². The molecule has 0 radical (unpaired) electrons. The van der Waals surface area contributed by atoms with E-state index in [0.29, 0.717) is 0 Å². The number of pyridine rings is 1. The number of benzene rings is 2. The highest BCUT2D eigenvalue weighted by Crippen LogP contribution is 2.54. The second-order valence-electron chi connectivity index (χ2n) is 9.21. The Hall–Kier alpha value is -2.39. The zero-order valence-electron chi connectivity index (χ0n) is 17.4. The molecule has 0 atom stereocenters. The molecule has 0 unspecified atom stereocenters. The minimum atomic E-state index is 0.220. The third kappa shape index (κ3) is 2.42. The van der Waals surface area contributed by atoms with E-state index < -0.39 is 0 Å². The molecule has 3 heterocycles. The highest BCUT2D eigenvalue weighted by Gasteiger charge is 2.35. The van der Waals surface area contributed by atoms with Crippen LogP contribution in [0.3, 0.4) is 0 Å². The topological polar surface area (TPSA) is 13.1 Å². The molecule has 0 spiro atoms. The van der Waals surface area contributed by atoms with Crippen LogP contribution in [0.15, 0.2) is 36.5 Å². The average molecular weight is 389 g/mol. The van der Waals surface area contributed by atoms with Crippen LogP contribution in [0, 0.1) is 19.3 Å². The smallest absolute Gasteiger partial charge is 0.228 e. The first kappa shape index (κ1) is 17.7. The Balaban J connectivity index is 1.92. The fourth-order valence-electron chi connectivity index (χ4n) is 4.53. The zero-order chi connectivity index (χ0) is 19.8. The van der Waals surface area contributed by atoms with E-state index in [-0.39, 0.29) is 5.41 Å². The molecule has 28 heavy (non-hydrogen) atoms. The number of fused-ring (bicyclic) bond motifs is 3. The largest absolute Gasteiger partial charge is 0.454 e. The number of aromatic nitrogens is 1. The highest BCUT2D eigenvalue weighted by molar-refractivity contribution is 7.19. The monoisotopic (exact) mass is 388 g/mol. The zero-order valence-corrected chi connectivity index (χ0v) is 18.3. The Labute approximate surface area is 170 Å². The van der Waals surface area contributed by atoms with Crippen LogP contribution in [0.2, 0.25) is 0 Å². The molecule has 2 aromatic heterocycles. The molecule has 142 valence electrons. The summed E-state index contributed by atoms with van der Waals surface area (Å²) in [5.74, 6) is 2.10. The molecule has 0 bridgehead atoms. The van der Waals surface area contributed by atoms with Crippen LogP contribution in [0.5, 0.6) is 11.5 Å². The molecular formula is C25H26NOS+. The minimum Gasteiger partial charge on any atom is -0.454 e. The molecule has 0 saturated heterocycles. The molecular weight excluding hydrogens is 362 g/mol. The SMILES string of the molecule is Cc1c2c(c(C)c3ccccc13)-c1c3c(c(CC(C)(C)C)sc3cc[n+]1C)O2. The summed E-state index contributed by atoms with van der Waals surface area (Å²) in [5.41, 5.74) is 5.28. The molecule has 0 fully saturated rings. The predicted octanol–water partition coefficient (Wildman–Crippen LogP) is 6.86. The Kier molecular flexibility index (Phi) is 3.67. The molecule has 4 aromatic rings. The van der Waals surface area contributed by atoms with E-state index in [2.05, 4.69) is 82.8 Å². The van der Waals surface area contributed by atoms with Gasteiger partial charge in [-0.3, -0.25) is 0 Å². The van der Waals surface area contributed by atoms with E-state index in [0.717, 1.165) is 17.9 Å². The second-order valence-corrected chi connectivity index (χ2v) is 10.3. The van der Waals surface area contributed by atoms with Gasteiger partial charge in [0.1, 0.15) is 18.2 Å². The Morgan fingerprint density at radius 1 is 0.964 bits per heavy atom. The van der Waals surface area contributed by atoms with Crippen LogP contribution in [0.1, 0.15) is 36.8 Å². The number of thiophene rings is 1. The standard InChI is InChI=1S/C25H26NOS/c1-14-16-9-7-8-10-17(16)15(2)23-20(14)22-21-18(11-12-26(22)6)28-19(24(21)27-23)13-25(3,4)5/h7-12H,13H2,1-6H3/q+1. The van der Waals surface area contributed by atoms with Gasteiger partial charge >= 0.3 is 0 Å². The Bertz CT molecular complexity index is 1270. The lowest BCUT2D eigenvalue weighted by Crippen LogP contribution is -2.31. The van der Waals surface area contributed by atoms with Gasteiger partial charge in [0.15, 0.2) is 11.9 Å². The van der Waals surface area contributed by atoms with Crippen LogP contribution >= 0.6 is 11.3 Å². The Morgan fingerprint density at radius 2 is 1.64 bits per heavy atom. The van der Waals surface area contributed by atoms with Crippen LogP contribution in [0.4, 0.5) is 0 Å². The summed E-state index contributed by atoms with van der Waals surface area (Å²) in [6.45, 7) is 11.3. The van der Waals surface area contributed by atoms with Gasteiger partial charge in [-0.2, -0.15) is 0 Å². The van der Waals surface area contributed by atoms with Gasteiger partial charge in [-0.15, -0.1) is 11.3 Å². The van der Waals surface area contributed by atoms with Crippen molar-refractivity contribution >= 4 is 32.2 Å². The summed E-state index contributed by atoms with van der Waals surface area (Å²) in [4.78, 5) is 1.35. The second kappa shape index (κ2) is 5.81. The quantitative estimate of drug-likeness (QED) is 0.286. The number of ether oxygens (including phenoxy) is 1. The van der Waals surface area contributed by atoms with Gasteiger partial charge in [0, 0.05) is 16.5 Å². The molecule has 2 aromatic carbocycles. The van der Waals surface area contributed by atoms with Crippen molar-refractivity contribution < 1.29 is 9.30 Å². The summed E-state index contributed by atoms with van der Waals surface area (Å²) >= 11 is 1.89. The van der Waals surface area contributed by atoms with Crippen molar-refractivity contribution in [1.82, 2.24) is 0 Å². The molecule has 0 aliphatic carbocycles. The van der Waals surface area contributed by atoms with E-state index in [1.54, 1.807) is 0 Å². The fourth-order valence-corrected chi connectivity index (χ4v) is 5.95. The number of rotatable bonds is 1. The fraction of sp³-hybridized carbons (Fsp3) is 0.320. The van der Waals surface area contributed by atoms with Gasteiger partial charge in [0.25, 0.3) is 0 Å². The average Bonchev–Trinajstić information content (AvgIpc) is 2.98. The number of hydrogen-bond acceptors (Lipinski definition) is 2. The van der Waals surface area contributed by atoms with Gasteiger partial charge in [-0.05, 0) is 42.0 Å². The van der Waals surface area contributed by atoms with E-state index in [9.17, 15) is 0 Å². The van der Waals surface area contributed by atoms with Crippen molar-refractivity contribution in [2.75, 3.05) is 0 Å². The lowest BCUT2D eigenvalue weighted by Gasteiger charge is -2.24. The lowest BCUT2D eigenvalue weighted by atomic mass is 9.88. The van der Waals surface area contributed by atoms with Crippen LogP contribution in [-0.2, 0) is 13.5 Å². The minimum absolute atomic E-state index is 0.220. The molecule has 5 rings (SSSR count). The number of nitrogens with zero attached hydrogens (tertiary/aromatic N) is 1. The Morgan fingerprint density at radius 3 is 2.32 bits per heavy atom. The van der Waals surface area contributed by atoms with Gasteiger partial charge in [-0.25, -0.2) is 4.57 Å². The first-order valence-corrected chi connectivity index (χ1v) is 10.7. The third-order valence-electron chi connectivity index (χ3n) is 5.81. The van der Waals surface area contributed by atoms with Gasteiger partial charge in [-0.1, -0.05) is 45.0 Å². The maximum absolute atomic E-state index is 6.74. The highest BCUT2D eigenvalue weighted by atomic mass is 32.1. The lowest BCUT2D eigenvalue weighted by molar-refractivity contribution is -0.659. The normalized spacial score (nSPS) is 13.1. The molecule has 1 aliphatic rings.